The van der Waals surface area contributed by atoms with Gasteiger partial charge in [0.15, 0.2) is 0 Å². The van der Waals surface area contributed by atoms with E-state index < -0.39 is 47.6 Å². The summed E-state index contributed by atoms with van der Waals surface area (Å²) in [5, 5.41) is 12.6. The van der Waals surface area contributed by atoms with Crippen molar-refractivity contribution in [2.24, 2.45) is 11.8 Å². The molecular formula is C30H39N3O8. The third kappa shape index (κ3) is 5.73. The molecule has 0 saturated carbocycles. The van der Waals surface area contributed by atoms with Crippen LogP contribution in [0.1, 0.15) is 32.6 Å². The number of hydrogen-bond acceptors (Lipinski definition) is 8. The number of aliphatic hydroxyl groups excluding tert-OH is 1. The minimum atomic E-state index is -1.23. The molecule has 222 valence electrons. The lowest BCUT2D eigenvalue weighted by Crippen LogP contribution is -2.56. The number of methoxy groups -OCH3 is 1. The molecule has 1 aromatic carbocycles. The van der Waals surface area contributed by atoms with Gasteiger partial charge in [-0.2, -0.15) is 0 Å². The number of rotatable bonds is 14. The third-order valence-corrected chi connectivity index (χ3v) is 8.09. The summed E-state index contributed by atoms with van der Waals surface area (Å²) < 4.78 is 17.3. The van der Waals surface area contributed by atoms with E-state index in [1.807, 2.05) is 0 Å². The van der Waals surface area contributed by atoms with Crippen molar-refractivity contribution >= 4 is 29.4 Å². The van der Waals surface area contributed by atoms with Crippen molar-refractivity contribution in [3.05, 3.63) is 49.6 Å². The molecule has 11 nitrogen and oxygen atoms in total. The average molecular weight is 570 g/mol. The molecule has 3 fully saturated rings. The lowest BCUT2D eigenvalue weighted by atomic mass is 9.70. The average Bonchev–Trinajstić information content (AvgIpc) is 3.61. The summed E-state index contributed by atoms with van der Waals surface area (Å²) in [6.45, 7) is 8.91. The number of anilines is 1. The van der Waals surface area contributed by atoms with Crippen molar-refractivity contribution in [1.29, 1.82) is 0 Å². The number of likely N-dealkylation sites (tertiary alicyclic amines) is 1. The number of aliphatic hydroxyl groups is 1. The van der Waals surface area contributed by atoms with Gasteiger partial charge in [-0.15, -0.1) is 13.2 Å². The number of ether oxygens (including phenoxy) is 3. The summed E-state index contributed by atoms with van der Waals surface area (Å²) >= 11 is 0. The first-order valence-electron chi connectivity index (χ1n) is 14.0. The standard InChI is InChI=1S/C30H39N3O8/c1-5-7-8-23(35)31-18-19(3)40-29(38)24-22-13-14-30(41-22)25(24)27(36)33(16-17-34)26(30)28(37)32(15-6-2)20-9-11-21(39-4)12-10-20/h5-6,9-12,19,22,24-26,34H,1-2,7-8,13-18H2,3-4H3,(H,31,35)/t19-,22+,24-,25-,26+,30-/m1/s1. The zero-order chi connectivity index (χ0) is 29.7. The number of carbonyl (C=O) groups is 4. The number of fused-ring (bicyclic) bond motifs is 1. The highest BCUT2D eigenvalue weighted by Gasteiger charge is 2.75. The molecule has 2 bridgehead atoms. The Hall–Kier alpha value is -3.70. The van der Waals surface area contributed by atoms with Crippen LogP contribution in [0.2, 0.25) is 0 Å². The van der Waals surface area contributed by atoms with Gasteiger partial charge in [-0.05, 0) is 50.5 Å². The van der Waals surface area contributed by atoms with E-state index >= 15 is 0 Å². The number of hydrogen-bond donors (Lipinski definition) is 2. The summed E-state index contributed by atoms with van der Waals surface area (Å²) in [5.41, 5.74) is -0.648. The Morgan fingerprint density at radius 3 is 2.63 bits per heavy atom. The van der Waals surface area contributed by atoms with Crippen molar-refractivity contribution in [3.8, 4) is 5.75 Å². The number of esters is 1. The number of nitrogens with one attached hydrogen (secondary N) is 1. The second-order valence-electron chi connectivity index (χ2n) is 10.6. The zero-order valence-corrected chi connectivity index (χ0v) is 23.6. The molecule has 3 aliphatic rings. The maximum Gasteiger partial charge on any atom is 0.312 e. The van der Waals surface area contributed by atoms with Gasteiger partial charge in [0.2, 0.25) is 11.8 Å². The number of amides is 3. The van der Waals surface area contributed by atoms with E-state index in [0.29, 0.717) is 30.7 Å². The van der Waals surface area contributed by atoms with Crippen molar-refractivity contribution in [2.45, 2.75) is 56.5 Å². The van der Waals surface area contributed by atoms with Crippen LogP contribution in [-0.2, 0) is 28.7 Å². The fourth-order valence-electron chi connectivity index (χ4n) is 6.31. The first kappa shape index (κ1) is 30.3. The van der Waals surface area contributed by atoms with Crippen LogP contribution in [0.5, 0.6) is 5.75 Å². The molecule has 3 amide bonds. The minimum Gasteiger partial charge on any atom is -0.497 e. The number of β-amino-alcohol motifs (C(OH)–C–C–N with tert-alkyl or cyclic N) is 1. The van der Waals surface area contributed by atoms with Crippen LogP contribution in [0.15, 0.2) is 49.6 Å². The van der Waals surface area contributed by atoms with Gasteiger partial charge in [0.25, 0.3) is 5.91 Å². The van der Waals surface area contributed by atoms with Crippen LogP contribution < -0.4 is 15.0 Å². The third-order valence-electron chi connectivity index (χ3n) is 8.09. The Morgan fingerprint density at radius 2 is 2.00 bits per heavy atom. The largest absolute Gasteiger partial charge is 0.497 e. The molecule has 0 aliphatic carbocycles. The van der Waals surface area contributed by atoms with Gasteiger partial charge in [0, 0.05) is 25.2 Å². The van der Waals surface area contributed by atoms with Crippen LogP contribution in [0.3, 0.4) is 0 Å². The molecule has 0 unspecified atom stereocenters. The fraction of sp³-hybridized carbons (Fsp3) is 0.533. The lowest BCUT2D eigenvalue weighted by Gasteiger charge is -2.36. The van der Waals surface area contributed by atoms with Gasteiger partial charge in [0.05, 0.1) is 38.2 Å². The molecule has 41 heavy (non-hydrogen) atoms. The molecule has 3 aliphatic heterocycles. The number of nitrogens with zero attached hydrogens (tertiary/aromatic N) is 2. The van der Waals surface area contributed by atoms with Gasteiger partial charge in [-0.25, -0.2) is 0 Å². The van der Waals surface area contributed by atoms with Gasteiger partial charge < -0.3 is 34.4 Å². The summed E-state index contributed by atoms with van der Waals surface area (Å²) in [6, 6.07) is 5.91. The first-order chi connectivity index (χ1) is 19.7. The van der Waals surface area contributed by atoms with Gasteiger partial charge in [-0.1, -0.05) is 12.2 Å². The number of allylic oxidation sites excluding steroid dienone is 1. The molecular weight excluding hydrogens is 530 g/mol. The highest BCUT2D eigenvalue weighted by Crippen LogP contribution is 2.58. The van der Waals surface area contributed by atoms with E-state index in [2.05, 4.69) is 18.5 Å². The molecule has 6 atom stereocenters. The molecule has 2 N–H and O–H groups in total. The summed E-state index contributed by atoms with van der Waals surface area (Å²) in [4.78, 5) is 56.3. The Labute approximate surface area is 240 Å². The fourth-order valence-corrected chi connectivity index (χ4v) is 6.31. The SMILES string of the molecule is C=CCCC(=O)NC[C@@H](C)OC(=O)[C@@H]1[C@@H]2CC[C@]3(O2)[C@H](C(=O)N(CC=C)c2ccc(OC)cc2)N(CCO)C(=O)[C@@H]13. The molecule has 11 heteroatoms. The van der Waals surface area contributed by atoms with Crippen molar-refractivity contribution in [1.82, 2.24) is 10.2 Å². The van der Waals surface area contributed by atoms with E-state index in [4.69, 9.17) is 14.2 Å². The minimum absolute atomic E-state index is 0.0824. The Morgan fingerprint density at radius 1 is 1.27 bits per heavy atom. The van der Waals surface area contributed by atoms with Crippen LogP contribution in [-0.4, -0.2) is 90.9 Å². The van der Waals surface area contributed by atoms with Crippen molar-refractivity contribution < 1.29 is 38.5 Å². The van der Waals surface area contributed by atoms with E-state index in [1.54, 1.807) is 50.5 Å². The number of carbonyl (C=O) groups excluding carboxylic acids is 4. The van der Waals surface area contributed by atoms with Gasteiger partial charge >= 0.3 is 5.97 Å². The van der Waals surface area contributed by atoms with Gasteiger partial charge in [0.1, 0.15) is 23.5 Å². The van der Waals surface area contributed by atoms with E-state index in [-0.39, 0.29) is 44.5 Å². The van der Waals surface area contributed by atoms with Crippen LogP contribution >= 0.6 is 0 Å². The Balaban J connectivity index is 1.57. The summed E-state index contributed by atoms with van der Waals surface area (Å²) in [6.07, 6.45) is 3.76. The quantitative estimate of drug-likeness (QED) is 0.255. The summed E-state index contributed by atoms with van der Waals surface area (Å²) in [5.74, 6) is -2.78. The highest BCUT2D eigenvalue weighted by atomic mass is 16.6. The van der Waals surface area contributed by atoms with Crippen LogP contribution in [0.25, 0.3) is 0 Å². The molecule has 4 rings (SSSR count). The van der Waals surface area contributed by atoms with Crippen molar-refractivity contribution in [3.63, 3.8) is 0 Å². The summed E-state index contributed by atoms with van der Waals surface area (Å²) in [7, 11) is 1.55. The predicted molar refractivity (Wildman–Crippen MR) is 150 cm³/mol. The molecule has 0 radical (unpaired) electrons. The second-order valence-corrected chi connectivity index (χ2v) is 10.6. The lowest BCUT2D eigenvalue weighted by molar-refractivity contribution is -0.159. The molecule has 3 saturated heterocycles. The maximum atomic E-state index is 14.3. The van der Waals surface area contributed by atoms with E-state index in [0.717, 1.165) is 0 Å². The Bertz CT molecular complexity index is 1170. The molecule has 1 spiro atoms. The molecule has 1 aromatic rings. The predicted octanol–water partition coefficient (Wildman–Crippen LogP) is 1.60. The smallest absolute Gasteiger partial charge is 0.312 e. The monoisotopic (exact) mass is 569 g/mol. The molecule has 3 heterocycles. The Kier molecular flexibility index (Phi) is 9.49. The second kappa shape index (κ2) is 12.9. The number of benzene rings is 1. The van der Waals surface area contributed by atoms with E-state index in [1.165, 1.54) is 9.80 Å². The maximum absolute atomic E-state index is 14.3. The highest BCUT2D eigenvalue weighted by molar-refractivity contribution is 6.04. The van der Waals surface area contributed by atoms with Crippen molar-refractivity contribution in [2.75, 3.05) is 38.3 Å². The van der Waals surface area contributed by atoms with E-state index in [9.17, 15) is 24.3 Å². The topological polar surface area (TPSA) is 135 Å². The zero-order valence-electron chi connectivity index (χ0n) is 23.6. The molecule has 0 aromatic heterocycles. The van der Waals surface area contributed by atoms with Gasteiger partial charge in [-0.3, -0.25) is 19.2 Å². The van der Waals surface area contributed by atoms with Crippen LogP contribution in [0.4, 0.5) is 5.69 Å². The normalized spacial score (nSPS) is 26.7. The van der Waals surface area contributed by atoms with Crippen LogP contribution in [0, 0.1) is 11.8 Å². The first-order valence-corrected chi connectivity index (χ1v) is 14.0.